The van der Waals surface area contributed by atoms with E-state index in [1.807, 2.05) is 6.07 Å². The quantitative estimate of drug-likeness (QED) is 0.801. The van der Waals surface area contributed by atoms with Crippen LogP contribution >= 0.6 is 0 Å². The lowest BCUT2D eigenvalue weighted by Crippen LogP contribution is -2.24. The molecule has 0 saturated heterocycles. The van der Waals surface area contributed by atoms with Crippen LogP contribution in [0.3, 0.4) is 0 Å². The van der Waals surface area contributed by atoms with Gasteiger partial charge in [-0.1, -0.05) is 6.92 Å². The Morgan fingerprint density at radius 2 is 2.28 bits per heavy atom. The highest BCUT2D eigenvalue weighted by Gasteiger charge is 2.11. The standard InChI is InChI=1S/C13H21N3O2/c1-4-10(6-8-17)15-11-5-7-14-12(9-11)13(18)16(2)3/h5,7,9-10,17H,4,6,8H2,1-3H3,(H,14,15). The van der Waals surface area contributed by atoms with Crippen molar-refractivity contribution < 1.29 is 9.90 Å². The lowest BCUT2D eigenvalue weighted by molar-refractivity contribution is 0.0822. The number of pyridine rings is 1. The number of carbonyl (C=O) groups excluding carboxylic acids is 1. The summed E-state index contributed by atoms with van der Waals surface area (Å²) in [7, 11) is 3.40. The van der Waals surface area contributed by atoms with Crippen molar-refractivity contribution in [1.29, 1.82) is 0 Å². The summed E-state index contributed by atoms with van der Waals surface area (Å²) in [4.78, 5) is 17.3. The third-order valence-electron chi connectivity index (χ3n) is 2.73. The number of aromatic nitrogens is 1. The van der Waals surface area contributed by atoms with Crippen molar-refractivity contribution in [1.82, 2.24) is 9.88 Å². The minimum atomic E-state index is -0.117. The first kappa shape index (κ1) is 14.4. The van der Waals surface area contributed by atoms with Crippen LogP contribution in [-0.4, -0.2) is 47.6 Å². The SMILES string of the molecule is CCC(CCO)Nc1ccnc(C(=O)N(C)C)c1. The Hall–Kier alpha value is -1.62. The first-order valence-electron chi connectivity index (χ1n) is 6.13. The summed E-state index contributed by atoms with van der Waals surface area (Å²) in [5.41, 5.74) is 1.28. The maximum absolute atomic E-state index is 11.8. The van der Waals surface area contributed by atoms with Gasteiger partial charge in [0.25, 0.3) is 5.91 Å². The van der Waals surface area contributed by atoms with Gasteiger partial charge < -0.3 is 15.3 Å². The Morgan fingerprint density at radius 1 is 1.56 bits per heavy atom. The van der Waals surface area contributed by atoms with Crippen LogP contribution in [0.4, 0.5) is 5.69 Å². The third kappa shape index (κ3) is 4.00. The molecule has 18 heavy (non-hydrogen) atoms. The maximum atomic E-state index is 11.8. The van der Waals surface area contributed by atoms with Gasteiger partial charge in [0, 0.05) is 38.6 Å². The first-order valence-corrected chi connectivity index (χ1v) is 6.13. The van der Waals surface area contributed by atoms with E-state index in [4.69, 9.17) is 5.11 Å². The van der Waals surface area contributed by atoms with E-state index in [1.54, 1.807) is 26.4 Å². The number of anilines is 1. The lowest BCUT2D eigenvalue weighted by atomic mass is 10.1. The molecular formula is C13H21N3O2. The predicted octanol–water partition coefficient (Wildman–Crippen LogP) is 1.36. The molecular weight excluding hydrogens is 230 g/mol. The minimum Gasteiger partial charge on any atom is -0.396 e. The van der Waals surface area contributed by atoms with E-state index >= 15 is 0 Å². The van der Waals surface area contributed by atoms with Crippen molar-refractivity contribution in [2.24, 2.45) is 0 Å². The van der Waals surface area contributed by atoms with Crippen LogP contribution in [0.1, 0.15) is 30.3 Å². The van der Waals surface area contributed by atoms with E-state index < -0.39 is 0 Å². The largest absolute Gasteiger partial charge is 0.396 e. The smallest absolute Gasteiger partial charge is 0.272 e. The molecule has 0 fully saturated rings. The summed E-state index contributed by atoms with van der Waals surface area (Å²) in [6.45, 7) is 2.21. The molecule has 2 N–H and O–H groups in total. The van der Waals surface area contributed by atoms with Gasteiger partial charge in [-0.3, -0.25) is 9.78 Å². The van der Waals surface area contributed by atoms with Crippen molar-refractivity contribution in [2.75, 3.05) is 26.0 Å². The average molecular weight is 251 g/mol. The van der Waals surface area contributed by atoms with Gasteiger partial charge in [-0.05, 0) is 25.0 Å². The number of hydrogen-bond donors (Lipinski definition) is 2. The molecule has 0 aliphatic rings. The van der Waals surface area contributed by atoms with Gasteiger partial charge in [0.05, 0.1) is 0 Å². The van der Waals surface area contributed by atoms with Gasteiger partial charge in [-0.2, -0.15) is 0 Å². The van der Waals surface area contributed by atoms with Crippen LogP contribution in [0.5, 0.6) is 0 Å². The number of carbonyl (C=O) groups is 1. The highest BCUT2D eigenvalue weighted by atomic mass is 16.3. The molecule has 0 aliphatic heterocycles. The van der Waals surface area contributed by atoms with E-state index in [0.29, 0.717) is 12.1 Å². The van der Waals surface area contributed by atoms with Gasteiger partial charge in [0.2, 0.25) is 0 Å². The summed E-state index contributed by atoms with van der Waals surface area (Å²) in [6.07, 6.45) is 3.22. The summed E-state index contributed by atoms with van der Waals surface area (Å²) in [6, 6.07) is 3.77. The zero-order valence-electron chi connectivity index (χ0n) is 11.2. The van der Waals surface area contributed by atoms with Crippen LogP contribution in [0.25, 0.3) is 0 Å². The van der Waals surface area contributed by atoms with E-state index in [9.17, 15) is 4.79 Å². The van der Waals surface area contributed by atoms with E-state index in [1.165, 1.54) is 4.90 Å². The van der Waals surface area contributed by atoms with Crippen LogP contribution < -0.4 is 5.32 Å². The Labute approximate surface area is 108 Å². The Bertz CT molecular complexity index is 394. The molecule has 1 amide bonds. The minimum absolute atomic E-state index is 0.117. The zero-order valence-corrected chi connectivity index (χ0v) is 11.2. The van der Waals surface area contributed by atoms with Gasteiger partial charge in [-0.15, -0.1) is 0 Å². The molecule has 5 heteroatoms. The molecule has 0 bridgehead atoms. The molecule has 1 heterocycles. The fourth-order valence-corrected chi connectivity index (χ4v) is 1.64. The molecule has 1 aromatic heterocycles. The molecule has 0 aromatic carbocycles. The van der Waals surface area contributed by atoms with Crippen molar-refractivity contribution >= 4 is 11.6 Å². The number of amides is 1. The second-order valence-electron chi connectivity index (χ2n) is 4.39. The van der Waals surface area contributed by atoms with Gasteiger partial charge >= 0.3 is 0 Å². The second kappa shape index (κ2) is 6.96. The van der Waals surface area contributed by atoms with E-state index in [-0.39, 0.29) is 18.6 Å². The topological polar surface area (TPSA) is 65.5 Å². The lowest BCUT2D eigenvalue weighted by Gasteiger charge is -2.17. The van der Waals surface area contributed by atoms with Crippen LogP contribution in [0.15, 0.2) is 18.3 Å². The van der Waals surface area contributed by atoms with Gasteiger partial charge in [-0.25, -0.2) is 0 Å². The number of aliphatic hydroxyl groups excluding tert-OH is 1. The Morgan fingerprint density at radius 3 is 2.83 bits per heavy atom. The number of rotatable bonds is 6. The van der Waals surface area contributed by atoms with E-state index in [0.717, 1.165) is 12.1 Å². The van der Waals surface area contributed by atoms with Crippen molar-refractivity contribution in [3.05, 3.63) is 24.0 Å². The fourth-order valence-electron chi connectivity index (χ4n) is 1.64. The average Bonchev–Trinajstić information content (AvgIpc) is 2.37. The molecule has 1 aromatic rings. The number of aliphatic hydroxyl groups is 1. The van der Waals surface area contributed by atoms with Crippen molar-refractivity contribution in [3.8, 4) is 0 Å². The molecule has 5 nitrogen and oxygen atoms in total. The normalized spacial score (nSPS) is 12.0. The zero-order chi connectivity index (χ0) is 13.5. The molecule has 1 atom stereocenters. The van der Waals surface area contributed by atoms with Crippen molar-refractivity contribution in [2.45, 2.75) is 25.8 Å². The monoisotopic (exact) mass is 251 g/mol. The number of nitrogens with one attached hydrogen (secondary N) is 1. The molecule has 0 saturated carbocycles. The van der Waals surface area contributed by atoms with Crippen LogP contribution in [0.2, 0.25) is 0 Å². The third-order valence-corrected chi connectivity index (χ3v) is 2.73. The summed E-state index contributed by atoms with van der Waals surface area (Å²) in [5, 5.41) is 12.2. The predicted molar refractivity (Wildman–Crippen MR) is 71.7 cm³/mol. The highest BCUT2D eigenvalue weighted by molar-refractivity contribution is 5.92. The Kier molecular flexibility index (Phi) is 5.58. The maximum Gasteiger partial charge on any atom is 0.272 e. The number of hydrogen-bond acceptors (Lipinski definition) is 4. The first-order chi connectivity index (χ1) is 8.58. The van der Waals surface area contributed by atoms with Crippen molar-refractivity contribution in [3.63, 3.8) is 0 Å². The van der Waals surface area contributed by atoms with Crippen LogP contribution in [-0.2, 0) is 0 Å². The fraction of sp³-hybridized carbons (Fsp3) is 0.538. The summed E-state index contributed by atoms with van der Waals surface area (Å²) in [5.74, 6) is -0.117. The molecule has 0 aliphatic carbocycles. The summed E-state index contributed by atoms with van der Waals surface area (Å²) < 4.78 is 0. The van der Waals surface area contributed by atoms with E-state index in [2.05, 4.69) is 17.2 Å². The Balaban J connectivity index is 2.78. The highest BCUT2D eigenvalue weighted by Crippen LogP contribution is 2.13. The molecule has 1 unspecified atom stereocenters. The molecule has 0 radical (unpaired) electrons. The van der Waals surface area contributed by atoms with Gasteiger partial charge in [0.1, 0.15) is 5.69 Å². The molecule has 100 valence electrons. The second-order valence-corrected chi connectivity index (χ2v) is 4.39. The molecule has 1 rings (SSSR count). The summed E-state index contributed by atoms with van der Waals surface area (Å²) >= 11 is 0. The van der Waals surface area contributed by atoms with Crippen LogP contribution in [0, 0.1) is 0 Å². The van der Waals surface area contributed by atoms with Gasteiger partial charge in [0.15, 0.2) is 0 Å². The number of nitrogens with zero attached hydrogens (tertiary/aromatic N) is 2. The molecule has 0 spiro atoms.